The molecule has 0 radical (unpaired) electrons. The van der Waals surface area contributed by atoms with Crippen molar-refractivity contribution in [2.24, 2.45) is 5.73 Å². The minimum absolute atomic E-state index is 0.276. The van der Waals surface area contributed by atoms with E-state index >= 15 is 0 Å². The van der Waals surface area contributed by atoms with E-state index in [1.807, 2.05) is 0 Å². The van der Waals surface area contributed by atoms with E-state index in [1.165, 1.54) is 6.07 Å². The molecule has 5 nitrogen and oxygen atoms in total. The number of rotatable bonds is 1. The van der Waals surface area contributed by atoms with Gasteiger partial charge in [-0.25, -0.2) is 0 Å². The maximum atomic E-state index is 11.6. The van der Waals surface area contributed by atoms with Gasteiger partial charge in [0.2, 0.25) is 5.78 Å². The number of H-pyrrole nitrogens is 1. The van der Waals surface area contributed by atoms with Crippen LogP contribution in [0, 0.1) is 0 Å². The van der Waals surface area contributed by atoms with Gasteiger partial charge in [-0.15, -0.1) is 0 Å². The highest BCUT2D eigenvalue weighted by molar-refractivity contribution is 6.01. The first-order valence-corrected chi connectivity index (χ1v) is 4.31. The molecule has 0 spiro atoms. The SMILES string of the molecule is NC1OCCc2[nH]c(C=O)cc2C1=O. The van der Waals surface area contributed by atoms with Crippen molar-refractivity contribution in [3.05, 3.63) is 23.0 Å². The molecule has 1 aromatic rings. The summed E-state index contributed by atoms with van der Waals surface area (Å²) in [5.74, 6) is -0.276. The van der Waals surface area contributed by atoms with Gasteiger partial charge in [-0.05, 0) is 6.07 Å². The lowest BCUT2D eigenvalue weighted by atomic mass is 10.1. The van der Waals surface area contributed by atoms with Gasteiger partial charge in [0.25, 0.3) is 0 Å². The molecule has 2 rings (SSSR count). The van der Waals surface area contributed by atoms with Crippen molar-refractivity contribution in [2.45, 2.75) is 12.6 Å². The van der Waals surface area contributed by atoms with Crippen molar-refractivity contribution in [2.75, 3.05) is 6.61 Å². The molecule has 5 heteroatoms. The molecule has 1 aromatic heterocycles. The van der Waals surface area contributed by atoms with E-state index in [1.54, 1.807) is 0 Å². The Hall–Kier alpha value is -1.46. The molecule has 0 bridgehead atoms. The van der Waals surface area contributed by atoms with Crippen LogP contribution in [0.5, 0.6) is 0 Å². The Kier molecular flexibility index (Phi) is 2.18. The first-order valence-electron chi connectivity index (χ1n) is 4.31. The van der Waals surface area contributed by atoms with Crippen LogP contribution in [0.2, 0.25) is 0 Å². The zero-order valence-electron chi connectivity index (χ0n) is 7.45. The normalized spacial score (nSPS) is 21.5. The predicted molar refractivity (Wildman–Crippen MR) is 48.1 cm³/mol. The molecule has 14 heavy (non-hydrogen) atoms. The van der Waals surface area contributed by atoms with Gasteiger partial charge in [0.05, 0.1) is 12.3 Å². The Morgan fingerprint density at radius 1 is 1.64 bits per heavy atom. The second kappa shape index (κ2) is 3.36. The average Bonchev–Trinajstić information content (AvgIpc) is 2.55. The van der Waals surface area contributed by atoms with Crippen molar-refractivity contribution in [3.63, 3.8) is 0 Å². The van der Waals surface area contributed by atoms with E-state index in [0.717, 1.165) is 5.69 Å². The fourth-order valence-corrected chi connectivity index (χ4v) is 1.52. The molecule has 0 amide bonds. The fraction of sp³-hybridized carbons (Fsp3) is 0.333. The van der Waals surface area contributed by atoms with Crippen molar-refractivity contribution < 1.29 is 14.3 Å². The number of Topliss-reactive ketones (excluding diaryl/α,β-unsaturated/α-hetero) is 1. The summed E-state index contributed by atoms with van der Waals surface area (Å²) in [7, 11) is 0. The quantitative estimate of drug-likeness (QED) is 0.610. The van der Waals surface area contributed by atoms with Gasteiger partial charge in [0.15, 0.2) is 12.5 Å². The lowest BCUT2D eigenvalue weighted by Crippen LogP contribution is -2.32. The molecule has 1 unspecified atom stereocenters. The van der Waals surface area contributed by atoms with Crippen LogP contribution < -0.4 is 5.73 Å². The first-order chi connectivity index (χ1) is 6.72. The number of nitrogens with one attached hydrogen (secondary N) is 1. The van der Waals surface area contributed by atoms with E-state index in [-0.39, 0.29) is 5.78 Å². The third-order valence-corrected chi connectivity index (χ3v) is 2.22. The number of carbonyl (C=O) groups excluding carboxylic acids is 2. The van der Waals surface area contributed by atoms with E-state index in [2.05, 4.69) is 4.98 Å². The number of ketones is 1. The molecular weight excluding hydrogens is 184 g/mol. The number of aromatic amines is 1. The largest absolute Gasteiger partial charge is 0.356 e. The number of nitrogens with two attached hydrogens (primary N) is 1. The molecule has 1 aliphatic rings. The van der Waals surface area contributed by atoms with Gasteiger partial charge in [-0.2, -0.15) is 0 Å². The molecule has 1 aliphatic heterocycles. The van der Waals surface area contributed by atoms with Crippen LogP contribution in [0.3, 0.4) is 0 Å². The van der Waals surface area contributed by atoms with Gasteiger partial charge in [0.1, 0.15) is 0 Å². The Morgan fingerprint density at radius 2 is 2.43 bits per heavy atom. The smallest absolute Gasteiger partial charge is 0.207 e. The highest BCUT2D eigenvalue weighted by Gasteiger charge is 2.24. The zero-order chi connectivity index (χ0) is 10.1. The van der Waals surface area contributed by atoms with Gasteiger partial charge in [0, 0.05) is 17.7 Å². The monoisotopic (exact) mass is 194 g/mol. The van der Waals surface area contributed by atoms with Crippen LogP contribution in [0.25, 0.3) is 0 Å². The fourth-order valence-electron chi connectivity index (χ4n) is 1.52. The van der Waals surface area contributed by atoms with Crippen LogP contribution in [0.15, 0.2) is 6.07 Å². The van der Waals surface area contributed by atoms with Gasteiger partial charge >= 0.3 is 0 Å². The van der Waals surface area contributed by atoms with Crippen LogP contribution in [0.1, 0.15) is 26.5 Å². The average molecular weight is 194 g/mol. The summed E-state index contributed by atoms with van der Waals surface area (Å²) < 4.78 is 5.05. The van der Waals surface area contributed by atoms with Crippen LogP contribution in [-0.4, -0.2) is 29.9 Å². The molecule has 0 fully saturated rings. The summed E-state index contributed by atoms with van der Waals surface area (Å²) in [6, 6.07) is 1.51. The maximum Gasteiger partial charge on any atom is 0.207 e. The number of hydrogen-bond acceptors (Lipinski definition) is 4. The van der Waals surface area contributed by atoms with E-state index < -0.39 is 6.23 Å². The first kappa shape index (κ1) is 9.11. The lowest BCUT2D eigenvalue weighted by molar-refractivity contribution is 0.0475. The maximum absolute atomic E-state index is 11.6. The van der Waals surface area contributed by atoms with Crippen molar-refractivity contribution >= 4 is 12.1 Å². The number of ether oxygens (including phenoxy) is 1. The van der Waals surface area contributed by atoms with Crippen LogP contribution in [0.4, 0.5) is 0 Å². The van der Waals surface area contributed by atoms with Crippen molar-refractivity contribution in [1.29, 1.82) is 0 Å². The molecule has 0 saturated carbocycles. The summed E-state index contributed by atoms with van der Waals surface area (Å²) in [5, 5.41) is 0. The zero-order valence-corrected chi connectivity index (χ0v) is 7.45. The second-order valence-corrected chi connectivity index (χ2v) is 3.14. The van der Waals surface area contributed by atoms with Crippen molar-refractivity contribution in [1.82, 2.24) is 4.98 Å². The molecule has 3 N–H and O–H groups in total. The summed E-state index contributed by atoms with van der Waals surface area (Å²) in [4.78, 5) is 24.9. The van der Waals surface area contributed by atoms with Crippen LogP contribution >= 0.6 is 0 Å². The van der Waals surface area contributed by atoms with Crippen molar-refractivity contribution in [3.8, 4) is 0 Å². The molecule has 2 heterocycles. The summed E-state index contributed by atoms with van der Waals surface area (Å²) in [6.45, 7) is 0.388. The summed E-state index contributed by atoms with van der Waals surface area (Å²) in [6.07, 6.45) is 0.336. The number of carbonyl (C=O) groups is 2. The van der Waals surface area contributed by atoms with E-state index in [0.29, 0.717) is 30.6 Å². The number of hydrogen-bond donors (Lipinski definition) is 2. The number of aldehydes is 1. The Balaban J connectivity index is 2.45. The summed E-state index contributed by atoms with van der Waals surface area (Å²) in [5.41, 5.74) is 7.07. The Morgan fingerprint density at radius 3 is 3.14 bits per heavy atom. The number of fused-ring (bicyclic) bond motifs is 1. The molecule has 0 aliphatic carbocycles. The van der Waals surface area contributed by atoms with E-state index in [9.17, 15) is 9.59 Å². The Bertz CT molecular complexity index is 383. The topological polar surface area (TPSA) is 85.2 Å². The highest BCUT2D eigenvalue weighted by atomic mass is 16.5. The van der Waals surface area contributed by atoms with E-state index in [4.69, 9.17) is 10.5 Å². The predicted octanol–water partition coefficient (Wildman–Crippen LogP) is -0.133. The third-order valence-electron chi connectivity index (χ3n) is 2.22. The standard InChI is InChI=1S/C9H10N2O3/c10-9-8(13)6-3-5(4-12)11-7(6)1-2-14-9/h3-4,9,11H,1-2,10H2. The highest BCUT2D eigenvalue weighted by Crippen LogP contribution is 2.16. The minimum atomic E-state index is -0.911. The minimum Gasteiger partial charge on any atom is -0.356 e. The third kappa shape index (κ3) is 1.36. The Labute approximate surface area is 80.2 Å². The molecule has 0 saturated heterocycles. The van der Waals surface area contributed by atoms with Gasteiger partial charge in [-0.3, -0.25) is 15.3 Å². The molecule has 74 valence electrons. The summed E-state index contributed by atoms with van der Waals surface area (Å²) >= 11 is 0. The molecule has 1 atom stereocenters. The molecule has 0 aromatic carbocycles. The van der Waals surface area contributed by atoms with Gasteiger partial charge < -0.3 is 9.72 Å². The van der Waals surface area contributed by atoms with Gasteiger partial charge in [-0.1, -0.05) is 0 Å². The second-order valence-electron chi connectivity index (χ2n) is 3.14. The number of aromatic nitrogens is 1. The molecular formula is C9H10N2O3. The van der Waals surface area contributed by atoms with Crippen LogP contribution in [-0.2, 0) is 11.2 Å². The lowest BCUT2D eigenvalue weighted by Gasteiger charge is -2.05.